The van der Waals surface area contributed by atoms with E-state index in [1.165, 1.54) is 26.4 Å². The third kappa shape index (κ3) is 3.80. The molecule has 0 saturated heterocycles. The molecule has 26 heavy (non-hydrogen) atoms. The first-order chi connectivity index (χ1) is 12.4. The molecule has 0 fully saturated rings. The number of hydrogen-bond acceptors (Lipinski definition) is 4. The Kier molecular flexibility index (Phi) is 5.41. The molecule has 6 nitrogen and oxygen atoms in total. The summed E-state index contributed by atoms with van der Waals surface area (Å²) in [4.78, 5) is 3.28. The van der Waals surface area contributed by atoms with E-state index in [4.69, 9.17) is 21.1 Å². The molecule has 0 atom stereocenters. The van der Waals surface area contributed by atoms with Gasteiger partial charge in [-0.1, -0.05) is 11.6 Å². The Bertz CT molecular complexity index is 1030. The van der Waals surface area contributed by atoms with Crippen LogP contribution in [-0.2, 0) is 16.4 Å². The topological polar surface area (TPSA) is 80.4 Å². The summed E-state index contributed by atoms with van der Waals surface area (Å²) in [7, 11) is -0.694. The number of fused-ring (bicyclic) bond motifs is 1. The van der Waals surface area contributed by atoms with Crippen LogP contribution in [0.2, 0.25) is 5.02 Å². The molecule has 8 heteroatoms. The van der Waals surface area contributed by atoms with Gasteiger partial charge < -0.3 is 14.5 Å². The van der Waals surface area contributed by atoms with Gasteiger partial charge in [-0.15, -0.1) is 0 Å². The molecular weight excluding hydrogens is 376 g/mol. The molecule has 2 aromatic carbocycles. The SMILES string of the molecule is COc1ccc(S(=O)(=O)NCCc2c[nH]c3ccc(Cl)cc23)cc1OC. The maximum Gasteiger partial charge on any atom is 0.240 e. The minimum atomic E-state index is -3.65. The molecule has 0 aliphatic heterocycles. The van der Waals surface area contributed by atoms with E-state index in [0.717, 1.165) is 16.5 Å². The maximum absolute atomic E-state index is 12.5. The van der Waals surface area contributed by atoms with Crippen molar-refractivity contribution in [1.82, 2.24) is 9.71 Å². The number of nitrogens with one attached hydrogen (secondary N) is 2. The Morgan fingerprint density at radius 2 is 1.85 bits per heavy atom. The molecule has 0 spiro atoms. The zero-order valence-corrected chi connectivity index (χ0v) is 15.9. The van der Waals surface area contributed by atoms with Crippen LogP contribution < -0.4 is 14.2 Å². The van der Waals surface area contributed by atoms with Gasteiger partial charge >= 0.3 is 0 Å². The number of aromatic amines is 1. The standard InChI is InChI=1S/C18H19ClN2O4S/c1-24-17-6-4-14(10-18(17)25-2)26(22,23)21-8-7-12-11-20-16-5-3-13(19)9-15(12)16/h3-6,9-11,20-21H,7-8H2,1-2H3. The van der Waals surface area contributed by atoms with Crippen LogP contribution in [0.15, 0.2) is 47.5 Å². The molecule has 1 heterocycles. The van der Waals surface area contributed by atoms with Crippen LogP contribution in [0.3, 0.4) is 0 Å². The van der Waals surface area contributed by atoms with Crippen molar-refractivity contribution in [2.24, 2.45) is 0 Å². The molecule has 1 aromatic heterocycles. The molecular formula is C18H19ClN2O4S. The predicted molar refractivity (Wildman–Crippen MR) is 102 cm³/mol. The van der Waals surface area contributed by atoms with Gasteiger partial charge in [-0.05, 0) is 42.3 Å². The van der Waals surface area contributed by atoms with Crippen molar-refractivity contribution in [3.63, 3.8) is 0 Å². The average molecular weight is 395 g/mol. The van der Waals surface area contributed by atoms with Gasteiger partial charge in [0, 0.05) is 34.7 Å². The molecule has 3 aromatic rings. The molecule has 0 bridgehead atoms. The minimum absolute atomic E-state index is 0.122. The van der Waals surface area contributed by atoms with Gasteiger partial charge in [0.25, 0.3) is 0 Å². The average Bonchev–Trinajstić information content (AvgIpc) is 3.03. The summed E-state index contributed by atoms with van der Waals surface area (Å²) in [6, 6.07) is 10.1. The number of methoxy groups -OCH3 is 2. The van der Waals surface area contributed by atoms with E-state index in [2.05, 4.69) is 9.71 Å². The largest absolute Gasteiger partial charge is 0.493 e. The highest BCUT2D eigenvalue weighted by Crippen LogP contribution is 2.29. The first kappa shape index (κ1) is 18.6. The number of ether oxygens (including phenoxy) is 2. The van der Waals surface area contributed by atoms with Crippen LogP contribution in [0.25, 0.3) is 10.9 Å². The molecule has 0 aliphatic rings. The van der Waals surface area contributed by atoms with E-state index in [9.17, 15) is 8.42 Å². The number of rotatable bonds is 7. The zero-order valence-electron chi connectivity index (χ0n) is 14.4. The van der Waals surface area contributed by atoms with Crippen molar-refractivity contribution in [2.75, 3.05) is 20.8 Å². The van der Waals surface area contributed by atoms with Crippen LogP contribution in [0, 0.1) is 0 Å². The smallest absolute Gasteiger partial charge is 0.240 e. The highest BCUT2D eigenvalue weighted by Gasteiger charge is 2.17. The fraction of sp³-hybridized carbons (Fsp3) is 0.222. The molecule has 0 unspecified atom stereocenters. The van der Waals surface area contributed by atoms with E-state index in [1.54, 1.807) is 6.07 Å². The van der Waals surface area contributed by atoms with Crippen LogP contribution in [0.1, 0.15) is 5.56 Å². The lowest BCUT2D eigenvalue weighted by molar-refractivity contribution is 0.354. The summed E-state index contributed by atoms with van der Waals surface area (Å²) < 4.78 is 37.9. The lowest BCUT2D eigenvalue weighted by Gasteiger charge is -2.11. The van der Waals surface area contributed by atoms with Crippen molar-refractivity contribution < 1.29 is 17.9 Å². The summed E-state index contributed by atoms with van der Waals surface area (Å²) in [6.45, 7) is 0.260. The highest BCUT2D eigenvalue weighted by atomic mass is 35.5. The minimum Gasteiger partial charge on any atom is -0.493 e. The monoisotopic (exact) mass is 394 g/mol. The van der Waals surface area contributed by atoms with Gasteiger partial charge in [0.1, 0.15) is 0 Å². The molecule has 0 aliphatic carbocycles. The third-order valence-electron chi connectivity index (χ3n) is 4.08. The van der Waals surface area contributed by atoms with Gasteiger partial charge in [-0.2, -0.15) is 0 Å². The molecule has 0 saturated carbocycles. The quantitative estimate of drug-likeness (QED) is 0.644. The summed E-state index contributed by atoms with van der Waals surface area (Å²) in [6.07, 6.45) is 2.40. The molecule has 0 radical (unpaired) electrons. The normalized spacial score (nSPS) is 11.7. The van der Waals surface area contributed by atoms with Gasteiger partial charge in [-0.25, -0.2) is 13.1 Å². The van der Waals surface area contributed by atoms with Gasteiger partial charge in [-0.3, -0.25) is 0 Å². The summed E-state index contributed by atoms with van der Waals surface area (Å²) in [5, 5.41) is 1.63. The van der Waals surface area contributed by atoms with E-state index in [1.807, 2.05) is 24.4 Å². The number of aromatic nitrogens is 1. The fourth-order valence-corrected chi connectivity index (χ4v) is 3.96. The van der Waals surface area contributed by atoms with Crippen molar-refractivity contribution >= 4 is 32.5 Å². The van der Waals surface area contributed by atoms with Crippen molar-refractivity contribution in [3.05, 3.63) is 53.2 Å². The molecule has 3 rings (SSSR count). The van der Waals surface area contributed by atoms with Crippen molar-refractivity contribution in [3.8, 4) is 11.5 Å². The zero-order chi connectivity index (χ0) is 18.7. The van der Waals surface area contributed by atoms with E-state index in [0.29, 0.717) is 22.9 Å². The molecule has 0 amide bonds. The van der Waals surface area contributed by atoms with E-state index in [-0.39, 0.29) is 11.4 Å². The van der Waals surface area contributed by atoms with Crippen LogP contribution in [0.4, 0.5) is 0 Å². The maximum atomic E-state index is 12.5. The van der Waals surface area contributed by atoms with Gasteiger partial charge in [0.2, 0.25) is 10.0 Å². The number of hydrogen-bond donors (Lipinski definition) is 2. The lowest BCUT2D eigenvalue weighted by atomic mass is 10.1. The highest BCUT2D eigenvalue weighted by molar-refractivity contribution is 7.89. The number of benzene rings is 2. The second kappa shape index (κ2) is 7.57. The predicted octanol–water partition coefficient (Wildman–Crippen LogP) is 3.36. The Hall–Kier alpha value is -2.22. The molecule has 2 N–H and O–H groups in total. The number of H-pyrrole nitrogens is 1. The number of sulfonamides is 1. The van der Waals surface area contributed by atoms with E-state index < -0.39 is 10.0 Å². The van der Waals surface area contributed by atoms with Crippen LogP contribution in [0.5, 0.6) is 11.5 Å². The Morgan fingerprint density at radius 3 is 2.58 bits per heavy atom. The van der Waals surface area contributed by atoms with Gasteiger partial charge in [0.15, 0.2) is 11.5 Å². The third-order valence-corrected chi connectivity index (χ3v) is 5.77. The summed E-state index contributed by atoms with van der Waals surface area (Å²) in [5.41, 5.74) is 1.96. The fourth-order valence-electron chi connectivity index (χ4n) is 2.74. The van der Waals surface area contributed by atoms with E-state index >= 15 is 0 Å². The summed E-state index contributed by atoms with van der Waals surface area (Å²) >= 11 is 6.04. The van der Waals surface area contributed by atoms with Gasteiger partial charge in [0.05, 0.1) is 19.1 Å². The van der Waals surface area contributed by atoms with Crippen molar-refractivity contribution in [1.29, 1.82) is 0 Å². The molecule has 138 valence electrons. The Labute approximate surface area is 157 Å². The second-order valence-corrected chi connectivity index (χ2v) is 7.87. The van der Waals surface area contributed by atoms with Crippen LogP contribution >= 0.6 is 11.6 Å². The lowest BCUT2D eigenvalue weighted by Crippen LogP contribution is -2.26. The summed E-state index contributed by atoms with van der Waals surface area (Å²) in [5.74, 6) is 0.837. The Morgan fingerprint density at radius 1 is 1.08 bits per heavy atom. The van der Waals surface area contributed by atoms with Crippen molar-refractivity contribution in [2.45, 2.75) is 11.3 Å². The number of halogens is 1. The van der Waals surface area contributed by atoms with Crippen LogP contribution in [-0.4, -0.2) is 34.2 Å². The second-order valence-electron chi connectivity index (χ2n) is 5.67. The first-order valence-electron chi connectivity index (χ1n) is 7.92. The first-order valence-corrected chi connectivity index (χ1v) is 9.78. The Balaban J connectivity index is 1.73.